The van der Waals surface area contributed by atoms with Gasteiger partial charge in [0.05, 0.1) is 10.6 Å². The average Bonchev–Trinajstić information content (AvgIpc) is 3.07. The van der Waals surface area contributed by atoms with E-state index in [0.717, 1.165) is 0 Å². The van der Waals surface area contributed by atoms with Crippen LogP contribution in [-0.4, -0.2) is 42.7 Å². The highest BCUT2D eigenvalue weighted by Gasteiger charge is 2.22. The molecule has 0 bridgehead atoms. The Hall–Kier alpha value is -1.05. The molecule has 0 spiro atoms. The Morgan fingerprint density at radius 1 is 1.25 bits per heavy atom. The Kier molecular flexibility index (Phi) is 7.13. The van der Waals surface area contributed by atoms with Gasteiger partial charge in [-0.05, 0) is 31.0 Å². The van der Waals surface area contributed by atoms with Crippen molar-refractivity contribution in [2.75, 3.05) is 24.2 Å². The summed E-state index contributed by atoms with van der Waals surface area (Å²) in [5.41, 5.74) is 0.528. The fraction of sp³-hybridized carbons (Fsp3) is 0.588. The number of amides is 1. The normalized spacial score (nSPS) is 15.8. The molecule has 1 aromatic carbocycles. The summed E-state index contributed by atoms with van der Waals surface area (Å²) in [4.78, 5) is 12.3. The number of rotatable bonds is 8. The maximum atomic E-state index is 12.5. The van der Waals surface area contributed by atoms with Crippen molar-refractivity contribution >= 4 is 33.4 Å². The fourth-order valence-electron chi connectivity index (χ4n) is 2.89. The Morgan fingerprint density at radius 2 is 1.92 bits per heavy atom. The Bertz CT molecular complexity index is 652. The van der Waals surface area contributed by atoms with E-state index in [1.54, 1.807) is 30.0 Å². The number of thioether (sulfide) groups is 1. The monoisotopic (exact) mass is 370 g/mol. The number of anilines is 1. The molecule has 7 heteroatoms. The minimum Gasteiger partial charge on any atom is -0.325 e. The Labute approximate surface area is 149 Å². The van der Waals surface area contributed by atoms with Crippen LogP contribution in [0.2, 0.25) is 0 Å². The van der Waals surface area contributed by atoms with Crippen LogP contribution in [0.25, 0.3) is 0 Å². The maximum Gasteiger partial charge on any atom is 0.243 e. The molecular weight excluding hydrogens is 344 g/mol. The zero-order valence-corrected chi connectivity index (χ0v) is 16.0. The van der Waals surface area contributed by atoms with Gasteiger partial charge in [-0.15, -0.1) is 11.8 Å². The van der Waals surface area contributed by atoms with Gasteiger partial charge >= 0.3 is 0 Å². The number of carbonyl (C=O) groups is 1. The molecule has 0 aromatic heterocycles. The Balaban J connectivity index is 2.00. The highest BCUT2D eigenvalue weighted by molar-refractivity contribution is 8.00. The molecule has 24 heavy (non-hydrogen) atoms. The van der Waals surface area contributed by atoms with Crippen LogP contribution < -0.4 is 5.32 Å². The standard InChI is InChI=1S/C17H26N2O3S2/c1-3-19(4-2)24(21,22)16-11-7-8-14(12-16)18-17(20)13-23-15-9-5-6-10-15/h7-8,11-12,15H,3-6,9-10,13H2,1-2H3,(H,18,20). The van der Waals surface area contributed by atoms with E-state index >= 15 is 0 Å². The molecule has 0 aliphatic heterocycles. The summed E-state index contributed by atoms with van der Waals surface area (Å²) in [6.07, 6.45) is 4.89. The van der Waals surface area contributed by atoms with Crippen molar-refractivity contribution in [1.82, 2.24) is 4.31 Å². The van der Waals surface area contributed by atoms with Gasteiger partial charge in [0.25, 0.3) is 0 Å². The van der Waals surface area contributed by atoms with E-state index in [4.69, 9.17) is 0 Å². The number of hydrogen-bond donors (Lipinski definition) is 1. The molecule has 0 atom stereocenters. The van der Waals surface area contributed by atoms with Crippen molar-refractivity contribution in [3.8, 4) is 0 Å². The average molecular weight is 371 g/mol. The molecule has 0 saturated heterocycles. The minimum atomic E-state index is -3.51. The first-order valence-corrected chi connectivity index (χ1v) is 11.0. The number of benzene rings is 1. The summed E-state index contributed by atoms with van der Waals surface area (Å²) in [5.74, 6) is 0.335. The van der Waals surface area contributed by atoms with Gasteiger partial charge in [-0.3, -0.25) is 4.79 Å². The Morgan fingerprint density at radius 3 is 2.54 bits per heavy atom. The number of nitrogens with zero attached hydrogens (tertiary/aromatic N) is 1. The molecule has 1 fully saturated rings. The second kappa shape index (κ2) is 8.87. The van der Waals surface area contributed by atoms with E-state index in [1.165, 1.54) is 36.1 Å². The lowest BCUT2D eigenvalue weighted by molar-refractivity contribution is -0.113. The summed E-state index contributed by atoms with van der Waals surface area (Å²) in [6, 6.07) is 6.48. The molecule has 1 saturated carbocycles. The number of sulfonamides is 1. The van der Waals surface area contributed by atoms with Gasteiger partial charge in [0, 0.05) is 24.0 Å². The quantitative estimate of drug-likeness (QED) is 0.762. The van der Waals surface area contributed by atoms with Crippen LogP contribution in [0, 0.1) is 0 Å². The predicted molar refractivity (Wildman–Crippen MR) is 99.9 cm³/mol. The molecule has 1 aliphatic carbocycles. The molecule has 0 heterocycles. The van der Waals surface area contributed by atoms with Crippen LogP contribution in [0.1, 0.15) is 39.5 Å². The van der Waals surface area contributed by atoms with E-state index in [2.05, 4.69) is 5.32 Å². The van der Waals surface area contributed by atoms with Gasteiger partial charge in [-0.25, -0.2) is 8.42 Å². The SMILES string of the molecule is CCN(CC)S(=O)(=O)c1cccc(NC(=O)CSC2CCCC2)c1. The summed E-state index contributed by atoms with van der Waals surface area (Å²) in [5, 5.41) is 3.40. The van der Waals surface area contributed by atoms with Crippen molar-refractivity contribution in [2.24, 2.45) is 0 Å². The van der Waals surface area contributed by atoms with E-state index < -0.39 is 10.0 Å². The highest BCUT2D eigenvalue weighted by Crippen LogP contribution is 2.29. The summed E-state index contributed by atoms with van der Waals surface area (Å²) >= 11 is 1.69. The first kappa shape index (κ1) is 19.3. The predicted octanol–water partition coefficient (Wildman–Crippen LogP) is 3.33. The molecule has 1 amide bonds. The van der Waals surface area contributed by atoms with Crippen LogP contribution in [-0.2, 0) is 14.8 Å². The summed E-state index contributed by atoms with van der Waals surface area (Å²) in [6.45, 7) is 4.47. The van der Waals surface area contributed by atoms with Gasteiger partial charge in [-0.1, -0.05) is 32.8 Å². The van der Waals surface area contributed by atoms with Gasteiger partial charge in [-0.2, -0.15) is 4.31 Å². The smallest absolute Gasteiger partial charge is 0.243 e. The van der Waals surface area contributed by atoms with Gasteiger partial charge in [0.15, 0.2) is 0 Å². The second-order valence-corrected chi connectivity index (χ2v) is 9.11. The first-order chi connectivity index (χ1) is 11.5. The van der Waals surface area contributed by atoms with Crippen molar-refractivity contribution in [1.29, 1.82) is 0 Å². The maximum absolute atomic E-state index is 12.5. The van der Waals surface area contributed by atoms with Crippen molar-refractivity contribution in [3.63, 3.8) is 0 Å². The molecule has 134 valence electrons. The van der Waals surface area contributed by atoms with Crippen LogP contribution in [0.5, 0.6) is 0 Å². The zero-order chi connectivity index (χ0) is 17.6. The van der Waals surface area contributed by atoms with Crippen molar-refractivity contribution < 1.29 is 13.2 Å². The molecule has 1 aromatic rings. The molecule has 5 nitrogen and oxygen atoms in total. The van der Waals surface area contributed by atoms with Crippen LogP contribution in [0.15, 0.2) is 29.2 Å². The lowest BCUT2D eigenvalue weighted by Crippen LogP contribution is -2.30. The minimum absolute atomic E-state index is 0.0794. The van der Waals surface area contributed by atoms with Crippen molar-refractivity contribution in [3.05, 3.63) is 24.3 Å². The number of hydrogen-bond acceptors (Lipinski definition) is 4. The molecule has 2 rings (SSSR count). The van der Waals surface area contributed by atoms with Crippen LogP contribution in [0.4, 0.5) is 5.69 Å². The van der Waals surface area contributed by atoms with Gasteiger partial charge in [0.1, 0.15) is 0 Å². The largest absolute Gasteiger partial charge is 0.325 e. The number of carbonyl (C=O) groups excluding carboxylic acids is 1. The lowest BCUT2D eigenvalue weighted by atomic mass is 10.3. The molecule has 0 radical (unpaired) electrons. The van der Waals surface area contributed by atoms with Gasteiger partial charge in [0.2, 0.25) is 15.9 Å². The fourth-order valence-corrected chi connectivity index (χ4v) is 5.52. The zero-order valence-electron chi connectivity index (χ0n) is 14.3. The third-order valence-electron chi connectivity index (χ3n) is 4.21. The number of nitrogens with one attached hydrogen (secondary N) is 1. The van der Waals surface area contributed by atoms with Crippen LogP contribution >= 0.6 is 11.8 Å². The summed E-state index contributed by atoms with van der Waals surface area (Å²) in [7, 11) is -3.51. The van der Waals surface area contributed by atoms with E-state index in [-0.39, 0.29) is 10.8 Å². The molecule has 0 unspecified atom stereocenters. The summed E-state index contributed by atoms with van der Waals surface area (Å²) < 4.78 is 26.5. The third kappa shape index (κ3) is 4.97. The topological polar surface area (TPSA) is 66.5 Å². The van der Waals surface area contributed by atoms with Crippen LogP contribution in [0.3, 0.4) is 0 Å². The molecule has 1 aliphatic rings. The first-order valence-electron chi connectivity index (χ1n) is 8.49. The van der Waals surface area contributed by atoms with E-state index in [0.29, 0.717) is 29.8 Å². The lowest BCUT2D eigenvalue weighted by Gasteiger charge is -2.19. The third-order valence-corrected chi connectivity index (χ3v) is 7.63. The van der Waals surface area contributed by atoms with E-state index in [9.17, 15) is 13.2 Å². The second-order valence-electron chi connectivity index (χ2n) is 5.88. The molecular formula is C17H26N2O3S2. The van der Waals surface area contributed by atoms with Crippen molar-refractivity contribution in [2.45, 2.75) is 49.7 Å². The molecule has 1 N–H and O–H groups in total. The van der Waals surface area contributed by atoms with E-state index in [1.807, 2.05) is 13.8 Å². The highest BCUT2D eigenvalue weighted by atomic mass is 32.2. The van der Waals surface area contributed by atoms with Gasteiger partial charge < -0.3 is 5.32 Å².